The monoisotopic (exact) mass is 794 g/mol. The smallest absolute Gasteiger partial charge is 0.335 e. The fraction of sp³-hybridized carbons (Fsp3) is 0.0417. The number of hydrogen-bond acceptors (Lipinski definition) is 6. The average molecular weight is 795 g/mol. The molecule has 9 rings (SSSR count). The molecule has 0 saturated heterocycles. The third-order valence-corrected chi connectivity index (χ3v) is 10.9. The summed E-state index contributed by atoms with van der Waals surface area (Å²) < 4.78 is 0. The second-order valence-corrected chi connectivity index (χ2v) is 14.5. The van der Waals surface area contributed by atoms with Crippen molar-refractivity contribution in [3.63, 3.8) is 0 Å². The van der Waals surface area contributed by atoms with Gasteiger partial charge in [-0.1, -0.05) is 60.7 Å². The summed E-state index contributed by atoms with van der Waals surface area (Å²) in [5.74, 6) is -4.18. The molecule has 5 heterocycles. The predicted octanol–water partition coefficient (Wildman–Crippen LogP) is 5.82. The number of carboxylic acids is 4. The van der Waals surface area contributed by atoms with E-state index >= 15 is 0 Å². The molecule has 0 radical (unpaired) electrons. The van der Waals surface area contributed by atoms with Crippen LogP contribution in [0.4, 0.5) is 0 Å². The number of rotatable bonds is 8. The lowest BCUT2D eigenvalue weighted by molar-refractivity contribution is 0.0686. The Morgan fingerprint density at radius 1 is 0.383 bits per heavy atom. The molecule has 12 heteroatoms. The lowest BCUT2D eigenvalue weighted by atomic mass is 9.97. The first kappa shape index (κ1) is 37.2. The van der Waals surface area contributed by atoms with E-state index in [0.29, 0.717) is 11.4 Å². The van der Waals surface area contributed by atoms with E-state index in [0.717, 1.165) is 66.6 Å². The Kier molecular flexibility index (Phi) is 9.21. The molecule has 0 amide bonds. The summed E-state index contributed by atoms with van der Waals surface area (Å²) in [5, 5.41) is 47.7. The molecule has 60 heavy (non-hydrogen) atoms. The van der Waals surface area contributed by atoms with Crippen LogP contribution in [0.3, 0.4) is 0 Å². The summed E-state index contributed by atoms with van der Waals surface area (Å²) in [6.45, 7) is 0. The topological polar surface area (TPSA) is 205 Å². The maximum atomic E-state index is 11.8. The molecule has 0 fully saturated rings. The standard InChI is InChI=1S/C48H34N4O8/c53-45(54)29-9-1-25(2-10-29)41-33-17-19-35(49-33)42(26-3-11-30(12-4-26)46(55)56)37-21-23-39(51-37)44(28-7-15-32(16-8-28)48(59)60)40-24-22-38(52-40)43(36-20-18-34(41)50-36)27-5-13-31(14-6-27)47(57)58/h1-24,33,38,49-52H,(H,53,54)(H,55,56)(H,57,58)(H,59,60)/b41-34-,42-35-,43-36-,44-40-. The van der Waals surface area contributed by atoms with Crippen molar-refractivity contribution in [2.24, 2.45) is 0 Å². The van der Waals surface area contributed by atoms with Crippen LogP contribution in [-0.4, -0.2) is 66.4 Å². The molecule has 8 N–H and O–H groups in total. The summed E-state index contributed by atoms with van der Waals surface area (Å²) in [7, 11) is 0. The molecule has 12 nitrogen and oxygen atoms in total. The zero-order valence-corrected chi connectivity index (χ0v) is 31.4. The van der Waals surface area contributed by atoms with Gasteiger partial charge in [-0.2, -0.15) is 0 Å². The second-order valence-electron chi connectivity index (χ2n) is 14.5. The maximum Gasteiger partial charge on any atom is 0.335 e. The molecular weight excluding hydrogens is 761 g/mol. The van der Waals surface area contributed by atoms with E-state index in [1.165, 1.54) is 0 Å². The van der Waals surface area contributed by atoms with Gasteiger partial charge in [-0.25, -0.2) is 19.2 Å². The average Bonchev–Trinajstić information content (AvgIpc) is 4.10. The molecule has 3 aliphatic heterocycles. The van der Waals surface area contributed by atoms with Gasteiger partial charge in [0.05, 0.1) is 34.3 Å². The fourth-order valence-electron chi connectivity index (χ4n) is 8.02. The highest BCUT2D eigenvalue weighted by Crippen LogP contribution is 2.36. The SMILES string of the molecule is O=C(O)c1ccc(/C2=C3\C=CC(N3)/C(c3ccc(C(=O)O)cc3)=c3/cc/c([nH]3)=C(\c3ccc(C(=O)O)cc3)C3C=C/C(=C(\c4ccc(C(=O)O)cc4)c4ccc2[nH]4)N3)cc1. The Labute approximate surface area is 341 Å². The number of carbonyl (C=O) groups is 4. The van der Waals surface area contributed by atoms with Crippen LogP contribution in [0.2, 0.25) is 0 Å². The number of fused-ring (bicyclic) bond motifs is 8. The number of benzene rings is 4. The molecule has 294 valence electrons. The van der Waals surface area contributed by atoms with Crippen LogP contribution in [0, 0.1) is 0 Å². The van der Waals surface area contributed by atoms with E-state index < -0.39 is 36.0 Å². The summed E-state index contributed by atoms with van der Waals surface area (Å²) in [6, 6.07) is 33.6. The summed E-state index contributed by atoms with van der Waals surface area (Å²) in [6.07, 6.45) is 7.97. The van der Waals surface area contributed by atoms with E-state index in [1.807, 2.05) is 48.6 Å². The molecule has 0 spiro atoms. The summed E-state index contributed by atoms with van der Waals surface area (Å²) in [5.41, 5.74) is 9.65. The van der Waals surface area contributed by atoms with Crippen LogP contribution in [0.15, 0.2) is 157 Å². The highest BCUT2D eigenvalue weighted by Gasteiger charge is 2.28. The third-order valence-electron chi connectivity index (χ3n) is 10.9. The van der Waals surface area contributed by atoms with Crippen LogP contribution in [0.1, 0.15) is 75.1 Å². The van der Waals surface area contributed by atoms with Crippen molar-refractivity contribution in [3.8, 4) is 0 Å². The Bertz CT molecular complexity index is 2820. The van der Waals surface area contributed by atoms with E-state index in [-0.39, 0.29) is 22.3 Å². The molecular formula is C48H34N4O8. The molecule has 0 aliphatic carbocycles. The molecule has 4 aromatic carbocycles. The van der Waals surface area contributed by atoms with Gasteiger partial charge in [-0.15, -0.1) is 0 Å². The van der Waals surface area contributed by atoms with Gasteiger partial charge in [0.25, 0.3) is 0 Å². The van der Waals surface area contributed by atoms with Crippen LogP contribution in [-0.2, 0) is 0 Å². The van der Waals surface area contributed by atoms with Crippen LogP contribution < -0.4 is 21.3 Å². The number of nitrogens with one attached hydrogen (secondary N) is 4. The number of carboxylic acid groups (broad SMARTS) is 4. The maximum absolute atomic E-state index is 11.8. The van der Waals surface area contributed by atoms with Crippen molar-refractivity contribution in [2.45, 2.75) is 12.1 Å². The summed E-state index contributed by atoms with van der Waals surface area (Å²) >= 11 is 0. The minimum absolute atomic E-state index is 0.139. The Morgan fingerprint density at radius 3 is 1.02 bits per heavy atom. The third kappa shape index (κ3) is 6.77. The van der Waals surface area contributed by atoms with Crippen molar-refractivity contribution in [1.29, 1.82) is 0 Å². The van der Waals surface area contributed by atoms with Gasteiger partial charge < -0.3 is 41.0 Å². The molecule has 2 aromatic heterocycles. The fourth-order valence-corrected chi connectivity index (χ4v) is 8.02. The summed E-state index contributed by atoms with van der Waals surface area (Å²) in [4.78, 5) is 54.7. The number of allylic oxidation sites excluding steroid dienone is 2. The van der Waals surface area contributed by atoms with Gasteiger partial charge in [0.15, 0.2) is 0 Å². The highest BCUT2D eigenvalue weighted by atomic mass is 16.4. The molecule has 3 aliphatic rings. The highest BCUT2D eigenvalue weighted by molar-refractivity contribution is 5.93. The zero-order valence-electron chi connectivity index (χ0n) is 31.4. The van der Waals surface area contributed by atoms with E-state index in [9.17, 15) is 39.6 Å². The first-order valence-electron chi connectivity index (χ1n) is 18.9. The lowest BCUT2D eigenvalue weighted by Gasteiger charge is -2.20. The van der Waals surface area contributed by atoms with Gasteiger partial charge in [-0.05, 0) is 107 Å². The van der Waals surface area contributed by atoms with Crippen LogP contribution in [0.5, 0.6) is 0 Å². The number of H-pyrrole nitrogens is 2. The van der Waals surface area contributed by atoms with Crippen molar-refractivity contribution in [1.82, 2.24) is 20.6 Å². The number of aromatic carboxylic acids is 4. The molecule has 8 bridgehead atoms. The van der Waals surface area contributed by atoms with Crippen LogP contribution >= 0.6 is 0 Å². The van der Waals surface area contributed by atoms with Crippen molar-refractivity contribution in [3.05, 3.63) is 224 Å². The Morgan fingerprint density at radius 2 is 0.700 bits per heavy atom. The van der Waals surface area contributed by atoms with Gasteiger partial charge in [0.2, 0.25) is 0 Å². The zero-order chi connectivity index (χ0) is 41.7. The van der Waals surface area contributed by atoms with E-state index in [1.54, 1.807) is 97.1 Å². The van der Waals surface area contributed by atoms with Crippen molar-refractivity contribution < 1.29 is 39.6 Å². The predicted molar refractivity (Wildman–Crippen MR) is 224 cm³/mol. The molecule has 2 atom stereocenters. The molecule has 6 aromatic rings. The number of aromatic amines is 2. The Balaban J connectivity index is 1.33. The first-order chi connectivity index (χ1) is 29.0. The van der Waals surface area contributed by atoms with Gasteiger partial charge in [0.1, 0.15) is 0 Å². The largest absolute Gasteiger partial charge is 0.478 e. The van der Waals surface area contributed by atoms with Gasteiger partial charge in [0, 0.05) is 55.8 Å². The minimum Gasteiger partial charge on any atom is -0.478 e. The second kappa shape index (κ2) is 14.8. The lowest BCUT2D eigenvalue weighted by Crippen LogP contribution is -2.31. The van der Waals surface area contributed by atoms with Crippen molar-refractivity contribution in [2.75, 3.05) is 0 Å². The van der Waals surface area contributed by atoms with E-state index in [4.69, 9.17) is 0 Å². The number of aromatic nitrogens is 2. The van der Waals surface area contributed by atoms with Gasteiger partial charge >= 0.3 is 23.9 Å². The van der Waals surface area contributed by atoms with E-state index in [2.05, 4.69) is 20.6 Å². The minimum atomic E-state index is -1.05. The van der Waals surface area contributed by atoms with Crippen LogP contribution in [0.25, 0.3) is 22.3 Å². The molecule has 0 saturated carbocycles. The first-order valence-corrected chi connectivity index (χ1v) is 18.9. The normalized spacial score (nSPS) is 21.0. The quantitative estimate of drug-likeness (QED) is 0.0927. The van der Waals surface area contributed by atoms with Crippen molar-refractivity contribution >= 4 is 46.2 Å². The molecule has 2 unspecified atom stereocenters. The Hall–Kier alpha value is -8.38. The number of hydrogen-bond donors (Lipinski definition) is 8. The van der Waals surface area contributed by atoms with Gasteiger partial charge in [-0.3, -0.25) is 0 Å².